The Bertz CT molecular complexity index is 192. The van der Waals surface area contributed by atoms with Crippen LogP contribution < -0.4 is 5.48 Å². The molecule has 0 aliphatic rings. The molecule has 0 radical (unpaired) electrons. The number of hydroxylamine groups is 1. The third kappa shape index (κ3) is 5.28. The Morgan fingerprint density at radius 1 is 1.20 bits per heavy atom. The number of Topliss-reactive ketones (excluding diaryl/α,β-unsaturated/α-hetero) is 1. The van der Waals surface area contributed by atoms with E-state index in [4.69, 9.17) is 4.84 Å². The van der Waals surface area contributed by atoms with E-state index in [1.54, 1.807) is 6.92 Å². The summed E-state index contributed by atoms with van der Waals surface area (Å²) < 4.78 is 0. The maximum absolute atomic E-state index is 11.5. The molecule has 3 heteroatoms. The predicted molar refractivity (Wildman–Crippen MR) is 62.4 cm³/mol. The van der Waals surface area contributed by atoms with E-state index >= 15 is 0 Å². The molecule has 0 spiro atoms. The zero-order valence-electron chi connectivity index (χ0n) is 10.8. The van der Waals surface area contributed by atoms with Crippen molar-refractivity contribution in [2.75, 3.05) is 0 Å². The first kappa shape index (κ1) is 14.6. The normalized spacial score (nSPS) is 17.5. The molecule has 3 atom stereocenters. The van der Waals surface area contributed by atoms with Gasteiger partial charge in [0.2, 0.25) is 0 Å². The third-order valence-electron chi connectivity index (χ3n) is 2.90. The van der Waals surface area contributed by atoms with Crippen LogP contribution >= 0.6 is 0 Å². The van der Waals surface area contributed by atoms with E-state index in [0.717, 1.165) is 6.42 Å². The maximum atomic E-state index is 11.5. The smallest absolute Gasteiger partial charge is 0.165 e. The predicted octanol–water partition coefficient (Wildman–Crippen LogP) is 2.56. The highest BCUT2D eigenvalue weighted by Crippen LogP contribution is 2.08. The van der Waals surface area contributed by atoms with Crippen molar-refractivity contribution in [1.29, 1.82) is 0 Å². The Hall–Kier alpha value is -0.410. The SMILES string of the molecule is CCC(C)C(C)NOC(C)C(=O)C(C)C. The number of rotatable bonds is 7. The van der Waals surface area contributed by atoms with Gasteiger partial charge >= 0.3 is 0 Å². The minimum Gasteiger partial charge on any atom is -0.296 e. The highest BCUT2D eigenvalue weighted by molar-refractivity contribution is 5.84. The van der Waals surface area contributed by atoms with E-state index in [1.165, 1.54) is 0 Å². The fourth-order valence-corrected chi connectivity index (χ4v) is 1.21. The van der Waals surface area contributed by atoms with Gasteiger partial charge < -0.3 is 0 Å². The van der Waals surface area contributed by atoms with Crippen molar-refractivity contribution in [2.24, 2.45) is 11.8 Å². The number of carbonyl (C=O) groups is 1. The molecule has 0 saturated carbocycles. The molecule has 0 aromatic rings. The lowest BCUT2D eigenvalue weighted by atomic mass is 10.0. The zero-order chi connectivity index (χ0) is 12.0. The first-order valence-electron chi connectivity index (χ1n) is 5.85. The Labute approximate surface area is 93.5 Å². The Morgan fingerprint density at radius 3 is 2.13 bits per heavy atom. The van der Waals surface area contributed by atoms with Gasteiger partial charge in [-0.25, -0.2) is 0 Å². The highest BCUT2D eigenvalue weighted by Gasteiger charge is 2.19. The van der Waals surface area contributed by atoms with Crippen LogP contribution in [0, 0.1) is 11.8 Å². The first-order chi connectivity index (χ1) is 6.90. The van der Waals surface area contributed by atoms with Crippen LogP contribution in [0.1, 0.15) is 48.0 Å². The first-order valence-corrected chi connectivity index (χ1v) is 5.85. The number of carbonyl (C=O) groups excluding carboxylic acids is 1. The van der Waals surface area contributed by atoms with Gasteiger partial charge in [-0.3, -0.25) is 9.63 Å². The summed E-state index contributed by atoms with van der Waals surface area (Å²) in [4.78, 5) is 16.9. The maximum Gasteiger partial charge on any atom is 0.165 e. The van der Waals surface area contributed by atoms with Gasteiger partial charge in [0.15, 0.2) is 5.78 Å². The topological polar surface area (TPSA) is 38.3 Å². The standard InChI is InChI=1S/C12H25NO2/c1-7-9(4)10(5)13-15-11(6)12(14)8(2)3/h8-11,13H,7H2,1-6H3. The van der Waals surface area contributed by atoms with Gasteiger partial charge in [0, 0.05) is 12.0 Å². The van der Waals surface area contributed by atoms with E-state index in [9.17, 15) is 4.79 Å². The number of hydrogen-bond acceptors (Lipinski definition) is 3. The highest BCUT2D eigenvalue weighted by atomic mass is 16.7. The van der Waals surface area contributed by atoms with E-state index in [-0.39, 0.29) is 23.8 Å². The van der Waals surface area contributed by atoms with Gasteiger partial charge in [0.05, 0.1) is 0 Å². The molecule has 0 aromatic carbocycles. The minimum absolute atomic E-state index is 0.0284. The summed E-state index contributed by atoms with van der Waals surface area (Å²) in [5.74, 6) is 0.714. The molecule has 0 aliphatic carbocycles. The van der Waals surface area contributed by atoms with E-state index < -0.39 is 0 Å². The summed E-state index contributed by atoms with van der Waals surface area (Å²) in [5, 5.41) is 0. The number of hydrogen-bond donors (Lipinski definition) is 1. The van der Waals surface area contributed by atoms with Gasteiger partial charge in [-0.1, -0.05) is 34.1 Å². The van der Waals surface area contributed by atoms with Crippen molar-refractivity contribution >= 4 is 5.78 Å². The molecule has 0 aromatic heterocycles. The second kappa shape index (κ2) is 6.96. The summed E-state index contributed by atoms with van der Waals surface area (Å²) in [7, 11) is 0. The molecule has 0 bridgehead atoms. The third-order valence-corrected chi connectivity index (χ3v) is 2.90. The largest absolute Gasteiger partial charge is 0.296 e. The average molecular weight is 215 g/mol. The summed E-state index contributed by atoms with van der Waals surface area (Å²) in [6.45, 7) is 11.9. The molecule has 3 unspecified atom stereocenters. The molecular weight excluding hydrogens is 190 g/mol. The van der Waals surface area contributed by atoms with Gasteiger partial charge in [-0.15, -0.1) is 0 Å². The molecule has 0 saturated heterocycles. The van der Waals surface area contributed by atoms with E-state index in [0.29, 0.717) is 5.92 Å². The lowest BCUT2D eigenvalue weighted by Crippen LogP contribution is -2.38. The molecule has 1 N–H and O–H groups in total. The van der Waals surface area contributed by atoms with Gasteiger partial charge in [0.25, 0.3) is 0 Å². The molecule has 90 valence electrons. The fraction of sp³-hybridized carbons (Fsp3) is 0.917. The van der Waals surface area contributed by atoms with Crippen LogP contribution in [-0.2, 0) is 9.63 Å². The van der Waals surface area contributed by atoms with Crippen molar-refractivity contribution in [2.45, 2.75) is 60.1 Å². The molecule has 0 amide bonds. The quantitative estimate of drug-likeness (QED) is 0.663. The molecule has 0 aliphatic heterocycles. The lowest BCUT2D eigenvalue weighted by molar-refractivity contribution is -0.139. The average Bonchev–Trinajstić information content (AvgIpc) is 2.22. The summed E-state index contributed by atoms with van der Waals surface area (Å²) in [6.07, 6.45) is 0.737. The molecule has 3 nitrogen and oxygen atoms in total. The number of nitrogens with one attached hydrogen (secondary N) is 1. The van der Waals surface area contributed by atoms with Gasteiger partial charge in [-0.05, 0) is 19.8 Å². The van der Waals surface area contributed by atoms with Crippen LogP contribution in [0.2, 0.25) is 0 Å². The van der Waals surface area contributed by atoms with Crippen molar-refractivity contribution in [3.63, 3.8) is 0 Å². The van der Waals surface area contributed by atoms with Crippen LogP contribution in [0.15, 0.2) is 0 Å². The molecule has 15 heavy (non-hydrogen) atoms. The lowest BCUT2D eigenvalue weighted by Gasteiger charge is -2.22. The summed E-state index contributed by atoms with van der Waals surface area (Å²) >= 11 is 0. The Morgan fingerprint density at radius 2 is 1.73 bits per heavy atom. The van der Waals surface area contributed by atoms with Gasteiger partial charge in [0.1, 0.15) is 6.10 Å². The minimum atomic E-state index is -0.364. The van der Waals surface area contributed by atoms with Crippen molar-refractivity contribution < 1.29 is 9.63 Å². The van der Waals surface area contributed by atoms with Crippen molar-refractivity contribution in [3.8, 4) is 0 Å². The fourth-order valence-electron chi connectivity index (χ4n) is 1.21. The second-order valence-corrected chi connectivity index (χ2v) is 4.61. The van der Waals surface area contributed by atoms with Crippen LogP contribution in [0.3, 0.4) is 0 Å². The molecular formula is C12H25NO2. The van der Waals surface area contributed by atoms with E-state index in [1.807, 2.05) is 13.8 Å². The Kier molecular flexibility index (Phi) is 6.77. The summed E-state index contributed by atoms with van der Waals surface area (Å²) in [5.41, 5.74) is 2.95. The number of ketones is 1. The summed E-state index contributed by atoms with van der Waals surface area (Å²) in [6, 6.07) is 0.275. The van der Waals surface area contributed by atoms with Gasteiger partial charge in [-0.2, -0.15) is 5.48 Å². The van der Waals surface area contributed by atoms with Crippen molar-refractivity contribution in [1.82, 2.24) is 5.48 Å². The van der Waals surface area contributed by atoms with Crippen LogP contribution in [0.4, 0.5) is 0 Å². The molecule has 0 rings (SSSR count). The van der Waals surface area contributed by atoms with Crippen LogP contribution in [0.5, 0.6) is 0 Å². The monoisotopic (exact) mass is 215 g/mol. The zero-order valence-corrected chi connectivity index (χ0v) is 10.8. The van der Waals surface area contributed by atoms with Crippen molar-refractivity contribution in [3.05, 3.63) is 0 Å². The molecule has 0 fully saturated rings. The second-order valence-electron chi connectivity index (χ2n) is 4.61. The van der Waals surface area contributed by atoms with Crippen LogP contribution in [-0.4, -0.2) is 17.9 Å². The van der Waals surface area contributed by atoms with Crippen LogP contribution in [0.25, 0.3) is 0 Å². The Balaban J connectivity index is 3.90. The van der Waals surface area contributed by atoms with E-state index in [2.05, 4.69) is 26.3 Å². The molecule has 0 heterocycles.